The van der Waals surface area contributed by atoms with E-state index in [4.69, 9.17) is 11.6 Å². The number of β-amino-alcohol motifs (C(OH)–C–C–N with tert-alkyl or cyclic N) is 1. The molecule has 0 aliphatic carbocycles. The maximum Gasteiger partial charge on any atom is 0.255 e. The van der Waals surface area contributed by atoms with E-state index >= 15 is 0 Å². The maximum atomic E-state index is 12.3. The number of aliphatic hydroxyl groups excluding tert-OH is 1. The van der Waals surface area contributed by atoms with Crippen LogP contribution in [0.25, 0.3) is 0 Å². The Morgan fingerprint density at radius 3 is 3.11 bits per heavy atom. The molecular weight excluding hydrogens is 254 g/mol. The van der Waals surface area contributed by atoms with Crippen LogP contribution in [0, 0.1) is 0 Å². The van der Waals surface area contributed by atoms with Gasteiger partial charge >= 0.3 is 0 Å². The molecule has 18 heavy (non-hydrogen) atoms. The molecule has 1 saturated heterocycles. The molecule has 1 unspecified atom stereocenters. The minimum Gasteiger partial charge on any atom is -0.391 e. The average Bonchev–Trinajstić information content (AvgIpc) is 2.38. The number of piperidine rings is 1. The van der Waals surface area contributed by atoms with Crippen molar-refractivity contribution in [2.24, 2.45) is 0 Å². The first kappa shape index (κ1) is 13.1. The van der Waals surface area contributed by atoms with Gasteiger partial charge in [0.05, 0.1) is 16.7 Å². The summed E-state index contributed by atoms with van der Waals surface area (Å²) in [5, 5.41) is 12.8. The smallest absolute Gasteiger partial charge is 0.255 e. The number of rotatable bonds is 2. The van der Waals surface area contributed by atoms with Crippen molar-refractivity contribution in [3.63, 3.8) is 0 Å². The molecule has 0 aromatic carbocycles. The van der Waals surface area contributed by atoms with E-state index in [-0.39, 0.29) is 5.91 Å². The lowest BCUT2D eigenvalue weighted by molar-refractivity contribution is 0.0474. The van der Waals surface area contributed by atoms with Crippen LogP contribution in [0.1, 0.15) is 23.2 Å². The van der Waals surface area contributed by atoms with Crippen LogP contribution in [0.15, 0.2) is 12.3 Å². The van der Waals surface area contributed by atoms with Gasteiger partial charge in [-0.2, -0.15) is 0 Å². The van der Waals surface area contributed by atoms with E-state index in [1.165, 1.54) is 6.20 Å². The van der Waals surface area contributed by atoms with Gasteiger partial charge in [0.25, 0.3) is 5.91 Å². The molecule has 2 rings (SSSR count). The van der Waals surface area contributed by atoms with Gasteiger partial charge < -0.3 is 15.3 Å². The van der Waals surface area contributed by atoms with Crippen molar-refractivity contribution in [1.29, 1.82) is 0 Å². The quantitative estimate of drug-likeness (QED) is 0.851. The highest BCUT2D eigenvalue weighted by Crippen LogP contribution is 2.21. The number of halogens is 1. The summed E-state index contributed by atoms with van der Waals surface area (Å²) in [5.41, 5.74) is 0.421. The van der Waals surface area contributed by atoms with Crippen molar-refractivity contribution in [3.8, 4) is 0 Å². The summed E-state index contributed by atoms with van der Waals surface area (Å²) in [7, 11) is 1.73. The van der Waals surface area contributed by atoms with Crippen LogP contribution in [0.2, 0.25) is 5.02 Å². The number of aromatic nitrogens is 1. The lowest BCUT2D eigenvalue weighted by Crippen LogP contribution is -2.42. The molecule has 1 aromatic rings. The molecule has 0 saturated carbocycles. The second-order valence-corrected chi connectivity index (χ2v) is 4.75. The first-order valence-corrected chi connectivity index (χ1v) is 6.30. The number of aliphatic hydroxyl groups is 1. The summed E-state index contributed by atoms with van der Waals surface area (Å²) < 4.78 is 0. The Morgan fingerprint density at radius 1 is 1.67 bits per heavy atom. The van der Waals surface area contributed by atoms with Gasteiger partial charge in [-0.3, -0.25) is 4.79 Å². The summed E-state index contributed by atoms with van der Waals surface area (Å²) in [6, 6.07) is 1.63. The van der Waals surface area contributed by atoms with E-state index in [1.807, 2.05) is 0 Å². The van der Waals surface area contributed by atoms with E-state index in [2.05, 4.69) is 10.3 Å². The zero-order chi connectivity index (χ0) is 13.1. The highest BCUT2D eigenvalue weighted by atomic mass is 35.5. The second-order valence-electron chi connectivity index (χ2n) is 4.35. The molecule has 0 radical (unpaired) electrons. The minimum absolute atomic E-state index is 0.155. The zero-order valence-electron chi connectivity index (χ0n) is 10.2. The van der Waals surface area contributed by atoms with Crippen molar-refractivity contribution in [2.45, 2.75) is 18.9 Å². The summed E-state index contributed by atoms with van der Waals surface area (Å²) in [5.74, 6) is 0.443. The summed E-state index contributed by atoms with van der Waals surface area (Å²) in [6.07, 6.45) is 2.58. The van der Waals surface area contributed by atoms with Gasteiger partial charge in [-0.25, -0.2) is 4.98 Å². The third-order valence-electron chi connectivity index (χ3n) is 3.03. The topological polar surface area (TPSA) is 65.5 Å². The molecule has 1 amide bonds. The van der Waals surface area contributed by atoms with Gasteiger partial charge in [0.1, 0.15) is 5.82 Å². The average molecular weight is 270 g/mol. The van der Waals surface area contributed by atoms with Gasteiger partial charge in [-0.15, -0.1) is 0 Å². The molecule has 5 nitrogen and oxygen atoms in total. The molecule has 1 aliphatic rings. The van der Waals surface area contributed by atoms with Crippen molar-refractivity contribution in [3.05, 3.63) is 22.8 Å². The predicted octanol–water partition coefficient (Wildman–Crippen LogP) is 1.37. The van der Waals surface area contributed by atoms with Crippen LogP contribution < -0.4 is 5.32 Å². The van der Waals surface area contributed by atoms with Gasteiger partial charge in [0.2, 0.25) is 0 Å². The van der Waals surface area contributed by atoms with Crippen molar-refractivity contribution >= 4 is 23.3 Å². The van der Waals surface area contributed by atoms with E-state index in [9.17, 15) is 9.90 Å². The Kier molecular flexibility index (Phi) is 4.04. The number of carbonyl (C=O) groups excluding carboxylic acids is 1. The Balaban J connectivity index is 2.22. The monoisotopic (exact) mass is 269 g/mol. The normalized spacial score (nSPS) is 19.7. The van der Waals surface area contributed by atoms with Crippen molar-refractivity contribution in [2.75, 3.05) is 25.5 Å². The number of pyridine rings is 1. The molecular formula is C12H16ClN3O2. The predicted molar refractivity (Wildman–Crippen MR) is 69.9 cm³/mol. The van der Waals surface area contributed by atoms with Crippen LogP contribution in [0.3, 0.4) is 0 Å². The third kappa shape index (κ3) is 2.73. The number of hydrogen-bond donors (Lipinski definition) is 2. The van der Waals surface area contributed by atoms with E-state index in [0.29, 0.717) is 29.5 Å². The SMILES string of the molecule is CNc1cc(C(=O)N2CCCC(O)C2)c(Cl)cn1. The van der Waals surface area contributed by atoms with Gasteiger partial charge in [-0.1, -0.05) is 11.6 Å². The van der Waals surface area contributed by atoms with Crippen LogP contribution in [-0.2, 0) is 0 Å². The second kappa shape index (κ2) is 5.54. The first-order chi connectivity index (χ1) is 8.61. The molecule has 98 valence electrons. The molecule has 1 aromatic heterocycles. The van der Waals surface area contributed by atoms with Gasteiger partial charge in [-0.05, 0) is 18.9 Å². The fourth-order valence-corrected chi connectivity index (χ4v) is 2.23. The highest BCUT2D eigenvalue weighted by Gasteiger charge is 2.24. The summed E-state index contributed by atoms with van der Waals surface area (Å²) in [6.45, 7) is 1.02. The first-order valence-electron chi connectivity index (χ1n) is 5.92. The van der Waals surface area contributed by atoms with E-state index in [1.54, 1.807) is 18.0 Å². The number of nitrogens with one attached hydrogen (secondary N) is 1. The van der Waals surface area contributed by atoms with Crippen LogP contribution >= 0.6 is 11.6 Å². The molecule has 1 aliphatic heterocycles. The molecule has 1 atom stereocenters. The number of likely N-dealkylation sites (tertiary alicyclic amines) is 1. The molecule has 0 spiro atoms. The van der Waals surface area contributed by atoms with Gasteiger partial charge in [0.15, 0.2) is 0 Å². The maximum absolute atomic E-state index is 12.3. The lowest BCUT2D eigenvalue weighted by atomic mass is 10.1. The summed E-state index contributed by atoms with van der Waals surface area (Å²) >= 11 is 6.00. The van der Waals surface area contributed by atoms with Crippen LogP contribution in [0.5, 0.6) is 0 Å². The molecule has 2 heterocycles. The van der Waals surface area contributed by atoms with E-state index < -0.39 is 6.10 Å². The highest BCUT2D eigenvalue weighted by molar-refractivity contribution is 6.33. The molecule has 6 heteroatoms. The fourth-order valence-electron chi connectivity index (χ4n) is 2.05. The number of hydrogen-bond acceptors (Lipinski definition) is 4. The Bertz CT molecular complexity index is 453. The van der Waals surface area contributed by atoms with Crippen molar-refractivity contribution in [1.82, 2.24) is 9.88 Å². The Hall–Kier alpha value is -1.33. The lowest BCUT2D eigenvalue weighted by Gasteiger charge is -2.30. The van der Waals surface area contributed by atoms with Crippen molar-refractivity contribution < 1.29 is 9.90 Å². The number of amides is 1. The fraction of sp³-hybridized carbons (Fsp3) is 0.500. The number of carbonyl (C=O) groups is 1. The molecule has 2 N–H and O–H groups in total. The number of nitrogens with zero attached hydrogens (tertiary/aromatic N) is 2. The van der Waals surface area contributed by atoms with Gasteiger partial charge in [0, 0.05) is 26.3 Å². The summed E-state index contributed by atoms with van der Waals surface area (Å²) in [4.78, 5) is 18.0. The minimum atomic E-state index is -0.438. The number of anilines is 1. The van der Waals surface area contributed by atoms with Crippen LogP contribution in [-0.4, -0.2) is 47.1 Å². The van der Waals surface area contributed by atoms with Crippen LogP contribution in [0.4, 0.5) is 5.82 Å². The third-order valence-corrected chi connectivity index (χ3v) is 3.33. The standard InChI is InChI=1S/C12H16ClN3O2/c1-14-11-5-9(10(13)6-15-11)12(18)16-4-2-3-8(17)7-16/h5-6,8,17H,2-4,7H2,1H3,(H,14,15). The molecule has 1 fully saturated rings. The Labute approximate surface area is 111 Å². The molecule has 0 bridgehead atoms. The zero-order valence-corrected chi connectivity index (χ0v) is 10.9. The largest absolute Gasteiger partial charge is 0.391 e. The van der Waals surface area contributed by atoms with E-state index in [0.717, 1.165) is 12.8 Å². The Morgan fingerprint density at radius 2 is 2.44 bits per heavy atom.